The molecule has 0 bridgehead atoms. The quantitative estimate of drug-likeness (QED) is 0.805. The van der Waals surface area contributed by atoms with E-state index >= 15 is 0 Å². The predicted molar refractivity (Wildman–Crippen MR) is 85.1 cm³/mol. The van der Waals surface area contributed by atoms with Gasteiger partial charge in [-0.3, -0.25) is 4.98 Å². The van der Waals surface area contributed by atoms with Gasteiger partial charge >= 0.3 is 0 Å². The van der Waals surface area contributed by atoms with Gasteiger partial charge in [0, 0.05) is 17.1 Å². The number of sulfonamides is 1. The van der Waals surface area contributed by atoms with E-state index in [0.717, 1.165) is 10.9 Å². The van der Waals surface area contributed by atoms with Crippen LogP contribution in [-0.4, -0.2) is 20.5 Å². The lowest BCUT2D eigenvalue weighted by Crippen LogP contribution is -2.13. The number of aromatic nitrogens is 1. The number of pyridine rings is 1. The van der Waals surface area contributed by atoms with Crippen LogP contribution in [-0.2, 0) is 10.0 Å². The molecule has 0 spiro atoms. The highest BCUT2D eigenvalue weighted by Gasteiger charge is 2.17. The van der Waals surface area contributed by atoms with Gasteiger partial charge in [-0.05, 0) is 29.8 Å². The maximum absolute atomic E-state index is 11.8. The van der Waals surface area contributed by atoms with Crippen LogP contribution < -0.4 is 9.88 Å². The number of benzene rings is 2. The number of rotatable bonds is 3. The van der Waals surface area contributed by atoms with E-state index in [2.05, 4.69) is 4.98 Å². The van der Waals surface area contributed by atoms with Crippen LogP contribution in [0, 0.1) is 0 Å². The second-order valence-corrected chi connectivity index (χ2v) is 6.29. The summed E-state index contributed by atoms with van der Waals surface area (Å²) in [5.74, 6) is 0.632. The second kappa shape index (κ2) is 5.40. The lowest BCUT2D eigenvalue weighted by molar-refractivity contribution is 0.419. The Bertz CT molecular complexity index is 953. The Morgan fingerprint density at radius 1 is 1.00 bits per heavy atom. The monoisotopic (exact) mass is 314 g/mol. The third-order valence-corrected chi connectivity index (χ3v) is 4.41. The molecule has 3 rings (SSSR count). The van der Waals surface area contributed by atoms with Crippen LogP contribution in [0.25, 0.3) is 22.0 Å². The highest BCUT2D eigenvalue weighted by Crippen LogP contribution is 2.35. The molecule has 0 aliphatic rings. The maximum Gasteiger partial charge on any atom is 0.238 e. The van der Waals surface area contributed by atoms with Crippen molar-refractivity contribution in [3.8, 4) is 16.9 Å². The van der Waals surface area contributed by atoms with Gasteiger partial charge < -0.3 is 4.74 Å². The van der Waals surface area contributed by atoms with Crippen LogP contribution in [0.2, 0.25) is 0 Å². The van der Waals surface area contributed by atoms with Gasteiger partial charge in [-0.1, -0.05) is 24.3 Å². The van der Waals surface area contributed by atoms with Crippen LogP contribution in [0.5, 0.6) is 5.75 Å². The highest BCUT2D eigenvalue weighted by atomic mass is 32.2. The summed E-state index contributed by atoms with van der Waals surface area (Å²) in [6.07, 6.45) is 1.67. The largest absolute Gasteiger partial charge is 0.494 e. The zero-order chi connectivity index (χ0) is 15.7. The summed E-state index contributed by atoms with van der Waals surface area (Å²) < 4.78 is 29.0. The van der Waals surface area contributed by atoms with Crippen molar-refractivity contribution in [2.45, 2.75) is 4.90 Å². The molecule has 0 unspecified atom stereocenters. The van der Waals surface area contributed by atoms with Crippen LogP contribution in [0.4, 0.5) is 0 Å². The Morgan fingerprint density at radius 3 is 2.50 bits per heavy atom. The number of hydrogen-bond donors (Lipinski definition) is 1. The maximum atomic E-state index is 11.8. The smallest absolute Gasteiger partial charge is 0.238 e. The average molecular weight is 314 g/mol. The van der Waals surface area contributed by atoms with E-state index in [1.54, 1.807) is 43.6 Å². The molecule has 0 radical (unpaired) electrons. The predicted octanol–water partition coefficient (Wildman–Crippen LogP) is 2.56. The summed E-state index contributed by atoms with van der Waals surface area (Å²) in [4.78, 5) is 4.41. The molecule has 3 aromatic rings. The van der Waals surface area contributed by atoms with Crippen molar-refractivity contribution in [2.24, 2.45) is 5.14 Å². The molecule has 22 heavy (non-hydrogen) atoms. The first-order valence-corrected chi connectivity index (χ1v) is 8.11. The van der Waals surface area contributed by atoms with E-state index in [4.69, 9.17) is 9.88 Å². The second-order valence-electron chi connectivity index (χ2n) is 4.76. The number of nitrogens with zero attached hydrogens (tertiary/aromatic N) is 1. The molecule has 2 N–H and O–H groups in total. The number of methoxy groups -OCH3 is 1. The molecule has 1 heterocycles. The summed E-state index contributed by atoms with van der Waals surface area (Å²) in [7, 11) is -2.25. The number of primary sulfonamides is 1. The van der Waals surface area contributed by atoms with Crippen molar-refractivity contribution < 1.29 is 13.2 Å². The fraction of sp³-hybridized carbons (Fsp3) is 0.0625. The Balaban J connectivity index is 2.38. The number of nitrogens with two attached hydrogens (primary N) is 1. The number of hydrogen-bond acceptors (Lipinski definition) is 4. The molecule has 0 saturated carbocycles. The standard InChI is InChI=1S/C16H14N2O3S/c1-21-14-9-8-11(13-6-4-10-18-16(13)14)12-5-2-3-7-15(12)22(17,19)20/h2-10H,1H3,(H2,17,19,20). The summed E-state index contributed by atoms with van der Waals surface area (Å²) in [6, 6.07) is 13.9. The van der Waals surface area contributed by atoms with Crippen molar-refractivity contribution in [3.05, 3.63) is 54.7 Å². The normalized spacial score (nSPS) is 11.5. The summed E-state index contributed by atoms with van der Waals surface area (Å²) in [5, 5.41) is 6.13. The topological polar surface area (TPSA) is 82.3 Å². The van der Waals surface area contributed by atoms with Crippen LogP contribution in [0.3, 0.4) is 0 Å². The first-order chi connectivity index (χ1) is 10.5. The minimum atomic E-state index is -3.82. The van der Waals surface area contributed by atoms with Gasteiger partial charge in [0.2, 0.25) is 10.0 Å². The Kier molecular flexibility index (Phi) is 3.56. The molecule has 0 atom stereocenters. The average Bonchev–Trinajstić information content (AvgIpc) is 2.53. The lowest BCUT2D eigenvalue weighted by Gasteiger charge is -2.12. The highest BCUT2D eigenvalue weighted by molar-refractivity contribution is 7.89. The third-order valence-electron chi connectivity index (χ3n) is 3.44. The zero-order valence-corrected chi connectivity index (χ0v) is 12.7. The fourth-order valence-corrected chi connectivity index (χ4v) is 3.24. The van der Waals surface area contributed by atoms with Crippen LogP contribution in [0.15, 0.2) is 59.6 Å². The molecular weight excluding hydrogens is 300 g/mol. The van der Waals surface area contributed by atoms with E-state index in [0.29, 0.717) is 16.8 Å². The van der Waals surface area contributed by atoms with Crippen LogP contribution in [0.1, 0.15) is 0 Å². The summed E-state index contributed by atoms with van der Waals surface area (Å²) in [5.41, 5.74) is 1.96. The molecule has 0 amide bonds. The molecule has 112 valence electrons. The molecule has 0 aliphatic heterocycles. The SMILES string of the molecule is COc1ccc(-c2ccccc2S(N)(=O)=O)c2cccnc12. The van der Waals surface area contributed by atoms with Gasteiger partial charge in [0.15, 0.2) is 0 Å². The minimum Gasteiger partial charge on any atom is -0.494 e. The van der Waals surface area contributed by atoms with Crippen molar-refractivity contribution >= 4 is 20.9 Å². The van der Waals surface area contributed by atoms with Crippen molar-refractivity contribution in [1.82, 2.24) is 4.98 Å². The van der Waals surface area contributed by atoms with E-state index in [9.17, 15) is 8.42 Å². The minimum absolute atomic E-state index is 0.0883. The lowest BCUT2D eigenvalue weighted by atomic mass is 10.00. The van der Waals surface area contributed by atoms with E-state index in [1.807, 2.05) is 12.1 Å². The van der Waals surface area contributed by atoms with Gasteiger partial charge in [0.25, 0.3) is 0 Å². The molecule has 2 aromatic carbocycles. The van der Waals surface area contributed by atoms with Gasteiger partial charge in [0.05, 0.1) is 12.0 Å². The van der Waals surface area contributed by atoms with Crippen molar-refractivity contribution in [3.63, 3.8) is 0 Å². The van der Waals surface area contributed by atoms with E-state index < -0.39 is 10.0 Å². The van der Waals surface area contributed by atoms with E-state index in [-0.39, 0.29) is 4.90 Å². The van der Waals surface area contributed by atoms with Crippen molar-refractivity contribution in [1.29, 1.82) is 0 Å². The zero-order valence-electron chi connectivity index (χ0n) is 11.9. The molecule has 0 saturated heterocycles. The molecule has 1 aromatic heterocycles. The van der Waals surface area contributed by atoms with Gasteiger partial charge in [-0.25, -0.2) is 13.6 Å². The van der Waals surface area contributed by atoms with Crippen molar-refractivity contribution in [2.75, 3.05) is 7.11 Å². The molecular formula is C16H14N2O3S. The van der Waals surface area contributed by atoms with Gasteiger partial charge in [-0.2, -0.15) is 0 Å². The van der Waals surface area contributed by atoms with Gasteiger partial charge in [-0.15, -0.1) is 0 Å². The first-order valence-electron chi connectivity index (χ1n) is 6.56. The molecule has 0 aliphatic carbocycles. The number of fused-ring (bicyclic) bond motifs is 1. The summed E-state index contributed by atoms with van der Waals surface area (Å²) in [6.45, 7) is 0. The van der Waals surface area contributed by atoms with Crippen LogP contribution >= 0.6 is 0 Å². The summed E-state index contributed by atoms with van der Waals surface area (Å²) >= 11 is 0. The molecule has 0 fully saturated rings. The van der Waals surface area contributed by atoms with E-state index in [1.165, 1.54) is 6.07 Å². The Labute approximate surface area is 128 Å². The first kappa shape index (κ1) is 14.5. The Hall–Kier alpha value is -2.44. The third kappa shape index (κ3) is 2.43. The fourth-order valence-electron chi connectivity index (χ4n) is 2.48. The Morgan fingerprint density at radius 2 is 1.77 bits per heavy atom. The number of ether oxygens (including phenoxy) is 1. The molecule has 6 heteroatoms. The molecule has 5 nitrogen and oxygen atoms in total. The van der Waals surface area contributed by atoms with Gasteiger partial charge in [0.1, 0.15) is 11.3 Å².